The summed E-state index contributed by atoms with van der Waals surface area (Å²) in [7, 11) is 0. The van der Waals surface area contributed by atoms with Gasteiger partial charge in [-0.15, -0.1) is 11.8 Å². The van der Waals surface area contributed by atoms with Gasteiger partial charge in [-0.25, -0.2) is 0 Å². The Morgan fingerprint density at radius 3 is 2.29 bits per heavy atom. The lowest BCUT2D eigenvalue weighted by Gasteiger charge is -2.32. The van der Waals surface area contributed by atoms with Crippen molar-refractivity contribution in [1.82, 2.24) is 10.2 Å². The first-order valence-electron chi connectivity index (χ1n) is 13.1. The van der Waals surface area contributed by atoms with Crippen molar-refractivity contribution in [2.24, 2.45) is 0 Å². The highest BCUT2D eigenvalue weighted by atomic mass is 35.5. The van der Waals surface area contributed by atoms with Gasteiger partial charge in [-0.2, -0.15) is 0 Å². The summed E-state index contributed by atoms with van der Waals surface area (Å²) < 4.78 is 0. The molecule has 4 nitrogen and oxygen atoms in total. The fraction of sp³-hybridized carbons (Fsp3) is 0.355. The van der Waals surface area contributed by atoms with E-state index in [9.17, 15) is 9.59 Å². The first-order chi connectivity index (χ1) is 18.4. The van der Waals surface area contributed by atoms with Gasteiger partial charge in [-0.3, -0.25) is 9.59 Å². The summed E-state index contributed by atoms with van der Waals surface area (Å²) in [6.45, 7) is 2.40. The Morgan fingerprint density at radius 2 is 1.61 bits per heavy atom. The van der Waals surface area contributed by atoms with Crippen molar-refractivity contribution in [3.63, 3.8) is 0 Å². The zero-order valence-corrected chi connectivity index (χ0v) is 24.0. The third kappa shape index (κ3) is 8.02. The Morgan fingerprint density at radius 1 is 0.947 bits per heavy atom. The van der Waals surface area contributed by atoms with Crippen LogP contribution in [0.15, 0.2) is 72.8 Å². The van der Waals surface area contributed by atoms with Crippen LogP contribution in [0.3, 0.4) is 0 Å². The molecule has 200 valence electrons. The largest absolute Gasteiger partial charge is 0.352 e. The molecule has 0 radical (unpaired) electrons. The van der Waals surface area contributed by atoms with E-state index in [4.69, 9.17) is 23.2 Å². The van der Waals surface area contributed by atoms with E-state index >= 15 is 0 Å². The van der Waals surface area contributed by atoms with Crippen LogP contribution < -0.4 is 5.32 Å². The molecule has 0 aromatic heterocycles. The van der Waals surface area contributed by atoms with Crippen molar-refractivity contribution in [2.45, 2.75) is 63.4 Å². The first-order valence-corrected chi connectivity index (χ1v) is 15.0. The van der Waals surface area contributed by atoms with E-state index in [-0.39, 0.29) is 23.6 Å². The van der Waals surface area contributed by atoms with Crippen LogP contribution in [0.4, 0.5) is 0 Å². The Balaban J connectivity index is 1.58. The lowest BCUT2D eigenvalue weighted by molar-refractivity contribution is -0.139. The lowest BCUT2D eigenvalue weighted by Crippen LogP contribution is -2.52. The molecule has 0 unspecified atom stereocenters. The van der Waals surface area contributed by atoms with Gasteiger partial charge in [0.05, 0.1) is 5.75 Å². The summed E-state index contributed by atoms with van der Waals surface area (Å²) in [4.78, 5) is 29.3. The van der Waals surface area contributed by atoms with E-state index < -0.39 is 6.04 Å². The van der Waals surface area contributed by atoms with Gasteiger partial charge in [0.1, 0.15) is 6.04 Å². The van der Waals surface area contributed by atoms with Gasteiger partial charge in [-0.1, -0.05) is 102 Å². The second-order valence-electron chi connectivity index (χ2n) is 9.90. The maximum absolute atomic E-state index is 13.8. The maximum atomic E-state index is 13.8. The summed E-state index contributed by atoms with van der Waals surface area (Å²) >= 11 is 14.2. The quantitative estimate of drug-likeness (QED) is 0.265. The highest BCUT2D eigenvalue weighted by Gasteiger charge is 2.32. The molecule has 3 aromatic carbocycles. The number of nitrogens with zero attached hydrogens (tertiary/aromatic N) is 1. The van der Waals surface area contributed by atoms with Gasteiger partial charge in [0.15, 0.2) is 0 Å². The average Bonchev–Trinajstić information content (AvgIpc) is 3.41. The number of amides is 2. The summed E-state index contributed by atoms with van der Waals surface area (Å²) in [5, 5.41) is 4.43. The van der Waals surface area contributed by atoms with Crippen molar-refractivity contribution in [3.05, 3.63) is 105 Å². The van der Waals surface area contributed by atoms with Crippen LogP contribution >= 0.6 is 35.0 Å². The molecule has 0 spiro atoms. The van der Waals surface area contributed by atoms with Crippen LogP contribution in [-0.2, 0) is 28.3 Å². The molecule has 1 N–H and O–H groups in total. The van der Waals surface area contributed by atoms with Gasteiger partial charge >= 0.3 is 0 Å². The average molecular weight is 570 g/mol. The van der Waals surface area contributed by atoms with Crippen LogP contribution in [0, 0.1) is 6.92 Å². The number of benzene rings is 3. The third-order valence-electron chi connectivity index (χ3n) is 6.94. The Bertz CT molecular complexity index is 1210. The Labute approximate surface area is 240 Å². The van der Waals surface area contributed by atoms with Gasteiger partial charge in [0, 0.05) is 34.8 Å². The second kappa shape index (κ2) is 14.1. The SMILES string of the molecule is Cc1cccc(CN(C(=O)CSCc2c(Cl)cccc2Cl)[C@@H](Cc2ccccc2)C(=O)NC2CCCC2)c1. The van der Waals surface area contributed by atoms with Crippen LogP contribution in [0.25, 0.3) is 0 Å². The smallest absolute Gasteiger partial charge is 0.243 e. The van der Waals surface area contributed by atoms with Crippen molar-refractivity contribution >= 4 is 46.8 Å². The zero-order valence-electron chi connectivity index (χ0n) is 21.7. The number of halogens is 2. The first kappa shape index (κ1) is 28.5. The van der Waals surface area contributed by atoms with E-state index in [0.29, 0.717) is 28.8 Å². The minimum absolute atomic E-state index is 0.0813. The van der Waals surface area contributed by atoms with Crippen molar-refractivity contribution in [3.8, 4) is 0 Å². The van der Waals surface area contributed by atoms with E-state index in [2.05, 4.69) is 11.4 Å². The third-order valence-corrected chi connectivity index (χ3v) is 8.59. The standard InChI is InChI=1S/C31H34Cl2N2O2S/c1-22-9-7-12-24(17-22)19-35(30(36)21-38-20-26-27(32)15-8-16-28(26)33)29(18-23-10-3-2-4-11-23)31(37)34-25-13-5-6-14-25/h2-4,7-12,15-17,25,29H,5-6,13-14,18-21H2,1H3,(H,34,37)/t29-/m0/s1. The summed E-state index contributed by atoms with van der Waals surface area (Å²) in [5.74, 6) is 0.568. The minimum atomic E-state index is -0.615. The predicted molar refractivity (Wildman–Crippen MR) is 159 cm³/mol. The summed E-state index contributed by atoms with van der Waals surface area (Å²) in [6, 6.07) is 23.0. The summed E-state index contributed by atoms with van der Waals surface area (Å²) in [5.41, 5.74) is 3.96. The molecule has 1 atom stereocenters. The van der Waals surface area contributed by atoms with E-state index in [1.54, 1.807) is 17.0 Å². The monoisotopic (exact) mass is 568 g/mol. The number of carbonyl (C=O) groups excluding carboxylic acids is 2. The number of thioether (sulfide) groups is 1. The Kier molecular flexibility index (Phi) is 10.6. The maximum Gasteiger partial charge on any atom is 0.243 e. The second-order valence-corrected chi connectivity index (χ2v) is 11.7. The van der Waals surface area contributed by atoms with Crippen LogP contribution in [0.2, 0.25) is 10.0 Å². The molecule has 3 aromatic rings. The zero-order chi connectivity index (χ0) is 26.9. The fourth-order valence-corrected chi connectivity index (χ4v) is 6.57. The molecule has 4 rings (SSSR count). The molecule has 1 aliphatic carbocycles. The van der Waals surface area contributed by atoms with E-state index in [1.165, 1.54) is 11.8 Å². The molecule has 7 heteroatoms. The predicted octanol–water partition coefficient (Wildman–Crippen LogP) is 7.23. The molecule has 1 fully saturated rings. The molecule has 0 heterocycles. The highest BCUT2D eigenvalue weighted by Crippen LogP contribution is 2.29. The topological polar surface area (TPSA) is 49.4 Å². The number of aryl methyl sites for hydroxylation is 1. The minimum Gasteiger partial charge on any atom is -0.352 e. The molecule has 0 aliphatic heterocycles. The van der Waals surface area contributed by atoms with Gasteiger partial charge in [0.2, 0.25) is 11.8 Å². The van der Waals surface area contributed by atoms with Crippen LogP contribution in [0.5, 0.6) is 0 Å². The number of nitrogens with one attached hydrogen (secondary N) is 1. The number of hydrogen-bond donors (Lipinski definition) is 1. The normalized spacial score (nSPS) is 14.3. The highest BCUT2D eigenvalue weighted by molar-refractivity contribution is 7.99. The lowest BCUT2D eigenvalue weighted by atomic mass is 10.0. The van der Waals surface area contributed by atoms with E-state index in [1.807, 2.05) is 61.5 Å². The van der Waals surface area contributed by atoms with Crippen molar-refractivity contribution in [1.29, 1.82) is 0 Å². The molecule has 0 saturated heterocycles. The molecule has 0 bridgehead atoms. The number of rotatable bonds is 11. The molecule has 1 aliphatic rings. The van der Waals surface area contributed by atoms with Crippen LogP contribution in [0.1, 0.15) is 47.9 Å². The van der Waals surface area contributed by atoms with Crippen molar-refractivity contribution in [2.75, 3.05) is 5.75 Å². The van der Waals surface area contributed by atoms with Crippen molar-refractivity contribution < 1.29 is 9.59 Å². The van der Waals surface area contributed by atoms with Crippen LogP contribution in [-0.4, -0.2) is 34.6 Å². The Hall–Kier alpha value is -2.47. The molecule has 1 saturated carbocycles. The molecular formula is C31H34Cl2N2O2S. The van der Waals surface area contributed by atoms with Gasteiger partial charge in [-0.05, 0) is 48.6 Å². The molecule has 38 heavy (non-hydrogen) atoms. The van der Waals surface area contributed by atoms with Gasteiger partial charge < -0.3 is 10.2 Å². The van der Waals surface area contributed by atoms with Gasteiger partial charge in [0.25, 0.3) is 0 Å². The number of hydrogen-bond acceptors (Lipinski definition) is 3. The summed E-state index contributed by atoms with van der Waals surface area (Å²) in [6.07, 6.45) is 4.69. The fourth-order valence-electron chi connectivity index (χ4n) is 4.92. The molecular weight excluding hydrogens is 535 g/mol. The molecule has 2 amide bonds. The van der Waals surface area contributed by atoms with E-state index in [0.717, 1.165) is 47.9 Å². The number of carbonyl (C=O) groups is 2.